The van der Waals surface area contributed by atoms with E-state index in [1.54, 1.807) is 7.11 Å². The van der Waals surface area contributed by atoms with E-state index in [2.05, 4.69) is 17.1 Å². The van der Waals surface area contributed by atoms with Crippen LogP contribution in [0.4, 0.5) is 5.69 Å². The van der Waals surface area contributed by atoms with Crippen LogP contribution in [0, 0.1) is 0 Å². The Morgan fingerprint density at radius 3 is 2.82 bits per heavy atom. The van der Waals surface area contributed by atoms with E-state index in [0.717, 1.165) is 47.2 Å². The smallest absolute Gasteiger partial charge is 0.237 e. The summed E-state index contributed by atoms with van der Waals surface area (Å²) in [5.74, 6) is 1.31. The van der Waals surface area contributed by atoms with Gasteiger partial charge >= 0.3 is 0 Å². The monoisotopic (exact) mass is 393 g/mol. The van der Waals surface area contributed by atoms with Crippen molar-refractivity contribution in [2.45, 2.75) is 18.0 Å². The molecule has 0 radical (unpaired) electrons. The Kier molecular flexibility index (Phi) is 5.39. The quantitative estimate of drug-likeness (QED) is 0.611. The zero-order valence-electron chi connectivity index (χ0n) is 16.1. The summed E-state index contributed by atoms with van der Waals surface area (Å²) in [6, 6.07) is 16.1. The summed E-state index contributed by atoms with van der Waals surface area (Å²) in [4.78, 5) is 19.3. The third-order valence-corrected chi connectivity index (χ3v) is 6.07. The Labute approximate surface area is 169 Å². The molecule has 0 fully saturated rings. The molecule has 28 heavy (non-hydrogen) atoms. The summed E-state index contributed by atoms with van der Waals surface area (Å²) in [6.07, 6.45) is 3.81. The fourth-order valence-electron chi connectivity index (χ4n) is 3.57. The van der Waals surface area contributed by atoms with Crippen LogP contribution in [0.5, 0.6) is 5.75 Å². The van der Waals surface area contributed by atoms with Crippen molar-refractivity contribution in [2.24, 2.45) is 7.05 Å². The Morgan fingerprint density at radius 1 is 1.21 bits per heavy atom. The number of carbonyl (C=O) groups excluding carboxylic acids is 1. The molecular weight excluding hydrogens is 370 g/mol. The number of benzene rings is 2. The second kappa shape index (κ2) is 8.10. The molecule has 0 aliphatic carbocycles. The van der Waals surface area contributed by atoms with Gasteiger partial charge in [-0.25, -0.2) is 4.98 Å². The summed E-state index contributed by atoms with van der Waals surface area (Å²) in [7, 11) is 3.66. The van der Waals surface area contributed by atoms with Crippen molar-refractivity contribution in [2.75, 3.05) is 24.3 Å². The van der Waals surface area contributed by atoms with Crippen molar-refractivity contribution in [1.29, 1.82) is 0 Å². The van der Waals surface area contributed by atoms with Gasteiger partial charge in [-0.1, -0.05) is 42.1 Å². The normalized spacial score (nSPS) is 13.3. The van der Waals surface area contributed by atoms with Crippen molar-refractivity contribution >= 4 is 23.4 Å². The average Bonchev–Trinajstić information content (AvgIpc) is 3.12. The van der Waals surface area contributed by atoms with Gasteiger partial charge in [0.1, 0.15) is 5.75 Å². The predicted octanol–water partition coefficient (Wildman–Crippen LogP) is 4.17. The van der Waals surface area contributed by atoms with Gasteiger partial charge in [-0.15, -0.1) is 0 Å². The number of hydrogen-bond donors (Lipinski definition) is 0. The van der Waals surface area contributed by atoms with Gasteiger partial charge in [0.15, 0.2) is 5.16 Å². The molecule has 1 aliphatic rings. The highest BCUT2D eigenvalue weighted by molar-refractivity contribution is 7.99. The Bertz CT molecular complexity index is 985. The van der Waals surface area contributed by atoms with Gasteiger partial charge in [-0.3, -0.25) is 4.79 Å². The first kappa shape index (κ1) is 18.6. The topological polar surface area (TPSA) is 47.4 Å². The number of amides is 1. The number of fused-ring (bicyclic) bond motifs is 1. The molecule has 0 bridgehead atoms. The van der Waals surface area contributed by atoms with Crippen LogP contribution in [0.2, 0.25) is 0 Å². The standard InChI is InChI=1S/C22H23N3O2S/c1-24-20(16-7-4-3-5-8-16)14-23-22(24)28-15-21(26)25-12-6-9-17-13-18(27-2)10-11-19(17)25/h3-5,7-8,10-11,13-14H,6,9,12,15H2,1-2H3. The maximum Gasteiger partial charge on any atom is 0.237 e. The molecule has 0 saturated heterocycles. The first-order valence-electron chi connectivity index (χ1n) is 9.34. The molecule has 0 spiro atoms. The van der Waals surface area contributed by atoms with Gasteiger partial charge in [0.2, 0.25) is 5.91 Å². The van der Waals surface area contributed by atoms with Crippen molar-refractivity contribution < 1.29 is 9.53 Å². The lowest BCUT2D eigenvalue weighted by Crippen LogP contribution is -2.36. The lowest BCUT2D eigenvalue weighted by Gasteiger charge is -2.29. The molecule has 0 saturated carbocycles. The van der Waals surface area contributed by atoms with Crippen LogP contribution < -0.4 is 9.64 Å². The first-order chi connectivity index (χ1) is 13.7. The largest absolute Gasteiger partial charge is 0.497 e. The number of imidazole rings is 1. The number of aryl methyl sites for hydroxylation is 1. The summed E-state index contributed by atoms with van der Waals surface area (Å²) in [6.45, 7) is 0.758. The maximum atomic E-state index is 12.9. The summed E-state index contributed by atoms with van der Waals surface area (Å²) in [5, 5.41) is 0.846. The molecule has 5 nitrogen and oxygen atoms in total. The number of anilines is 1. The number of aromatic nitrogens is 2. The molecule has 3 aromatic rings. The average molecular weight is 394 g/mol. The molecule has 1 amide bonds. The second-order valence-corrected chi connectivity index (χ2v) is 7.73. The van der Waals surface area contributed by atoms with Crippen LogP contribution in [0.25, 0.3) is 11.3 Å². The van der Waals surface area contributed by atoms with Crippen molar-refractivity contribution in [3.63, 3.8) is 0 Å². The lowest BCUT2D eigenvalue weighted by molar-refractivity contribution is -0.116. The number of hydrogen-bond acceptors (Lipinski definition) is 4. The Morgan fingerprint density at radius 2 is 2.04 bits per heavy atom. The van der Waals surface area contributed by atoms with Crippen LogP contribution in [0.15, 0.2) is 59.9 Å². The fourth-order valence-corrected chi connectivity index (χ4v) is 4.40. The van der Waals surface area contributed by atoms with Crippen molar-refractivity contribution in [1.82, 2.24) is 9.55 Å². The second-order valence-electron chi connectivity index (χ2n) is 6.78. The first-order valence-corrected chi connectivity index (χ1v) is 10.3. The molecule has 6 heteroatoms. The minimum Gasteiger partial charge on any atom is -0.497 e. The van der Waals surface area contributed by atoms with Gasteiger partial charge in [-0.2, -0.15) is 0 Å². The molecular formula is C22H23N3O2S. The molecule has 0 unspecified atom stereocenters. The van der Waals surface area contributed by atoms with Gasteiger partial charge in [-0.05, 0) is 42.2 Å². The highest BCUT2D eigenvalue weighted by Crippen LogP contribution is 2.32. The SMILES string of the molecule is COc1ccc2c(c1)CCCN2C(=O)CSc1ncc(-c2ccccc2)n1C. The lowest BCUT2D eigenvalue weighted by atomic mass is 10.0. The number of thioether (sulfide) groups is 1. The van der Waals surface area contributed by atoms with Gasteiger partial charge < -0.3 is 14.2 Å². The summed E-state index contributed by atoms with van der Waals surface area (Å²) >= 11 is 1.48. The van der Waals surface area contributed by atoms with E-state index in [4.69, 9.17) is 4.74 Å². The van der Waals surface area contributed by atoms with E-state index in [1.165, 1.54) is 17.3 Å². The van der Waals surface area contributed by atoms with Gasteiger partial charge in [0.05, 0.1) is 24.8 Å². The predicted molar refractivity (Wildman–Crippen MR) is 113 cm³/mol. The van der Waals surface area contributed by atoms with E-state index in [-0.39, 0.29) is 5.91 Å². The fraction of sp³-hybridized carbons (Fsp3) is 0.273. The summed E-state index contributed by atoms with van der Waals surface area (Å²) in [5.41, 5.74) is 4.34. The zero-order valence-corrected chi connectivity index (χ0v) is 16.9. The number of rotatable bonds is 5. The van der Waals surface area contributed by atoms with E-state index in [0.29, 0.717) is 5.75 Å². The van der Waals surface area contributed by atoms with Gasteiger partial charge in [0.25, 0.3) is 0 Å². The number of methoxy groups -OCH3 is 1. The summed E-state index contributed by atoms with van der Waals surface area (Å²) < 4.78 is 7.36. The minimum atomic E-state index is 0.111. The highest BCUT2D eigenvalue weighted by atomic mass is 32.2. The van der Waals surface area contributed by atoms with Crippen molar-refractivity contribution in [3.05, 3.63) is 60.3 Å². The maximum absolute atomic E-state index is 12.9. The molecule has 2 heterocycles. The Balaban J connectivity index is 1.47. The van der Waals surface area contributed by atoms with Crippen LogP contribution in [0.1, 0.15) is 12.0 Å². The van der Waals surface area contributed by atoms with Crippen molar-refractivity contribution in [3.8, 4) is 17.0 Å². The van der Waals surface area contributed by atoms with E-state index >= 15 is 0 Å². The minimum absolute atomic E-state index is 0.111. The molecule has 4 rings (SSSR count). The third-order valence-electron chi connectivity index (χ3n) is 5.05. The van der Waals surface area contributed by atoms with Crippen LogP contribution in [0.3, 0.4) is 0 Å². The van der Waals surface area contributed by atoms with E-state index in [9.17, 15) is 4.79 Å². The van der Waals surface area contributed by atoms with Crippen LogP contribution in [-0.4, -0.2) is 34.9 Å². The highest BCUT2D eigenvalue weighted by Gasteiger charge is 2.23. The number of carbonyl (C=O) groups is 1. The van der Waals surface area contributed by atoms with Gasteiger partial charge in [0, 0.05) is 19.3 Å². The molecule has 0 atom stereocenters. The van der Waals surface area contributed by atoms with E-state index < -0.39 is 0 Å². The molecule has 144 valence electrons. The molecule has 2 aromatic carbocycles. The van der Waals surface area contributed by atoms with Crippen LogP contribution in [-0.2, 0) is 18.3 Å². The number of ether oxygens (including phenoxy) is 1. The third kappa shape index (κ3) is 3.64. The van der Waals surface area contributed by atoms with Crippen LogP contribution >= 0.6 is 11.8 Å². The molecule has 0 N–H and O–H groups in total. The molecule has 1 aliphatic heterocycles. The zero-order chi connectivity index (χ0) is 19.5. The van der Waals surface area contributed by atoms with E-state index in [1.807, 2.05) is 59.1 Å². The Hall–Kier alpha value is -2.73. The number of nitrogens with zero attached hydrogens (tertiary/aromatic N) is 3. The molecule has 1 aromatic heterocycles.